The first-order valence-corrected chi connectivity index (χ1v) is 12.3. The van der Waals surface area contributed by atoms with Crippen molar-refractivity contribution in [3.63, 3.8) is 0 Å². The number of carboxylic acid groups (broad SMARTS) is 1. The zero-order valence-corrected chi connectivity index (χ0v) is 19.5. The van der Waals surface area contributed by atoms with Crippen molar-refractivity contribution in [1.29, 1.82) is 0 Å². The van der Waals surface area contributed by atoms with Crippen LogP contribution in [-0.4, -0.2) is 41.8 Å². The number of allylic oxidation sites excluding steroid dienone is 1. The van der Waals surface area contributed by atoms with Crippen LogP contribution in [0.15, 0.2) is 60.7 Å². The molecular formula is C28H30N2O5. The maximum absolute atomic E-state index is 12.7. The van der Waals surface area contributed by atoms with Gasteiger partial charge in [0.05, 0.1) is 5.92 Å². The highest BCUT2D eigenvalue weighted by Crippen LogP contribution is 2.44. The number of nitrogens with one attached hydrogen (secondary N) is 2. The number of aliphatic carboxylic acids is 1. The van der Waals surface area contributed by atoms with E-state index >= 15 is 0 Å². The lowest BCUT2D eigenvalue weighted by atomic mass is 9.91. The Morgan fingerprint density at radius 2 is 1.66 bits per heavy atom. The highest BCUT2D eigenvalue weighted by atomic mass is 16.5. The van der Waals surface area contributed by atoms with E-state index in [9.17, 15) is 19.5 Å². The summed E-state index contributed by atoms with van der Waals surface area (Å²) in [5, 5.41) is 15.1. The number of amides is 2. The van der Waals surface area contributed by atoms with Crippen LogP contribution in [0.1, 0.15) is 49.1 Å². The number of ether oxygens (including phenoxy) is 1. The standard InChI is InChI=1S/C28H30N2O5/c31-26(29-19-7-5-6-18(14-19)27(32)33)15-25(17-12-13-17)30-28(34)35-16-24-22-10-3-1-8-20(22)21-9-2-4-11-23(21)24/h1-5,7-11,17-19,24-25H,6,12-16H2,(H,29,31)(H,30,34)(H,32,33)/t18-,19-,25?/m1/s1. The van der Waals surface area contributed by atoms with E-state index in [1.54, 1.807) is 6.08 Å². The molecule has 35 heavy (non-hydrogen) atoms. The number of hydrogen-bond donors (Lipinski definition) is 3. The van der Waals surface area contributed by atoms with Gasteiger partial charge < -0.3 is 20.5 Å². The van der Waals surface area contributed by atoms with Gasteiger partial charge in [-0.15, -0.1) is 0 Å². The number of fused-ring (bicyclic) bond motifs is 3. The van der Waals surface area contributed by atoms with E-state index in [2.05, 4.69) is 34.9 Å². The van der Waals surface area contributed by atoms with Crippen molar-refractivity contribution in [3.05, 3.63) is 71.8 Å². The number of carbonyl (C=O) groups is 3. The van der Waals surface area contributed by atoms with Crippen molar-refractivity contribution >= 4 is 18.0 Å². The predicted molar refractivity (Wildman–Crippen MR) is 131 cm³/mol. The van der Waals surface area contributed by atoms with Crippen LogP contribution in [0, 0.1) is 11.8 Å². The Hall–Kier alpha value is -3.61. The molecule has 2 amide bonds. The van der Waals surface area contributed by atoms with E-state index < -0.39 is 18.0 Å². The van der Waals surface area contributed by atoms with E-state index in [0.717, 1.165) is 24.0 Å². The number of hydrogen-bond acceptors (Lipinski definition) is 4. The second-order valence-electron chi connectivity index (χ2n) is 9.73. The minimum atomic E-state index is -0.846. The van der Waals surface area contributed by atoms with Crippen LogP contribution in [0.4, 0.5) is 4.79 Å². The third kappa shape index (κ3) is 5.24. The van der Waals surface area contributed by atoms with Gasteiger partial charge in [0.25, 0.3) is 0 Å². The average molecular weight is 475 g/mol. The molecule has 0 saturated heterocycles. The number of rotatable bonds is 8. The maximum atomic E-state index is 12.7. The smallest absolute Gasteiger partial charge is 0.407 e. The molecule has 3 atom stereocenters. The van der Waals surface area contributed by atoms with Crippen molar-refractivity contribution in [3.8, 4) is 11.1 Å². The SMILES string of the molecule is O=C(CC(NC(=O)OCC1c2ccccc2-c2ccccc21)C1CC1)N[C@@H]1C=CC[C@@H](C(=O)O)C1. The van der Waals surface area contributed by atoms with Crippen LogP contribution in [0.3, 0.4) is 0 Å². The molecule has 3 N–H and O–H groups in total. The molecule has 3 aliphatic carbocycles. The van der Waals surface area contributed by atoms with Crippen molar-refractivity contribution in [2.24, 2.45) is 11.8 Å². The van der Waals surface area contributed by atoms with E-state index in [4.69, 9.17) is 4.74 Å². The molecule has 0 spiro atoms. The lowest BCUT2D eigenvalue weighted by molar-refractivity contribution is -0.142. The van der Waals surface area contributed by atoms with E-state index in [0.29, 0.717) is 12.8 Å². The Labute approximate surface area is 204 Å². The van der Waals surface area contributed by atoms with Gasteiger partial charge in [0.1, 0.15) is 6.61 Å². The second-order valence-corrected chi connectivity index (χ2v) is 9.73. The van der Waals surface area contributed by atoms with Gasteiger partial charge in [-0.25, -0.2) is 4.79 Å². The van der Waals surface area contributed by atoms with Gasteiger partial charge in [-0.05, 0) is 53.9 Å². The van der Waals surface area contributed by atoms with Gasteiger partial charge in [-0.1, -0.05) is 60.7 Å². The fourth-order valence-corrected chi connectivity index (χ4v) is 5.29. The summed E-state index contributed by atoms with van der Waals surface area (Å²) in [6, 6.07) is 15.8. The van der Waals surface area contributed by atoms with E-state index in [1.807, 2.05) is 30.3 Å². The number of alkyl carbamates (subject to hydrolysis) is 1. The van der Waals surface area contributed by atoms with Gasteiger partial charge in [-0.3, -0.25) is 9.59 Å². The minimum absolute atomic E-state index is 0.0175. The molecular weight excluding hydrogens is 444 g/mol. The monoisotopic (exact) mass is 474 g/mol. The quantitative estimate of drug-likeness (QED) is 0.497. The fraction of sp³-hybridized carbons (Fsp3) is 0.393. The molecule has 2 aromatic rings. The highest BCUT2D eigenvalue weighted by Gasteiger charge is 2.35. The van der Waals surface area contributed by atoms with Crippen molar-refractivity contribution < 1.29 is 24.2 Å². The Morgan fingerprint density at radius 1 is 1.00 bits per heavy atom. The van der Waals surface area contributed by atoms with Crippen LogP contribution in [0.2, 0.25) is 0 Å². The molecule has 1 saturated carbocycles. The van der Waals surface area contributed by atoms with Crippen LogP contribution in [0.5, 0.6) is 0 Å². The molecule has 0 aliphatic heterocycles. The normalized spacial score (nSPS) is 21.5. The molecule has 7 nitrogen and oxygen atoms in total. The lowest BCUT2D eigenvalue weighted by Gasteiger charge is -2.24. The Morgan fingerprint density at radius 3 is 2.29 bits per heavy atom. The van der Waals surface area contributed by atoms with Crippen LogP contribution in [0.25, 0.3) is 11.1 Å². The zero-order valence-electron chi connectivity index (χ0n) is 19.5. The first kappa shape index (κ1) is 23.1. The fourth-order valence-electron chi connectivity index (χ4n) is 5.29. The van der Waals surface area contributed by atoms with Gasteiger partial charge in [-0.2, -0.15) is 0 Å². The third-order valence-corrected chi connectivity index (χ3v) is 7.27. The predicted octanol–water partition coefficient (Wildman–Crippen LogP) is 4.23. The van der Waals surface area contributed by atoms with Gasteiger partial charge in [0.15, 0.2) is 0 Å². The number of carbonyl (C=O) groups excluding carboxylic acids is 2. The van der Waals surface area contributed by atoms with Crippen LogP contribution in [-0.2, 0) is 14.3 Å². The third-order valence-electron chi connectivity index (χ3n) is 7.27. The second kappa shape index (κ2) is 9.94. The summed E-state index contributed by atoms with van der Waals surface area (Å²) in [4.78, 5) is 36.7. The molecule has 0 radical (unpaired) electrons. The van der Waals surface area contributed by atoms with Gasteiger partial charge in [0, 0.05) is 24.4 Å². The van der Waals surface area contributed by atoms with Gasteiger partial charge >= 0.3 is 12.1 Å². The molecule has 0 heterocycles. The van der Waals surface area contributed by atoms with E-state index in [1.165, 1.54) is 11.1 Å². The molecule has 182 valence electrons. The lowest BCUT2D eigenvalue weighted by Crippen LogP contribution is -2.44. The molecule has 1 unspecified atom stereocenters. The summed E-state index contributed by atoms with van der Waals surface area (Å²) < 4.78 is 5.66. The summed E-state index contributed by atoms with van der Waals surface area (Å²) in [5.41, 5.74) is 4.65. The molecule has 0 bridgehead atoms. The largest absolute Gasteiger partial charge is 0.481 e. The first-order chi connectivity index (χ1) is 17.0. The summed E-state index contributed by atoms with van der Waals surface area (Å²) in [7, 11) is 0. The molecule has 7 heteroatoms. The molecule has 3 aliphatic rings. The van der Waals surface area contributed by atoms with E-state index in [-0.39, 0.29) is 42.9 Å². The van der Waals surface area contributed by atoms with Crippen LogP contribution >= 0.6 is 0 Å². The summed E-state index contributed by atoms with van der Waals surface area (Å²) in [6.45, 7) is 0.229. The summed E-state index contributed by atoms with van der Waals surface area (Å²) >= 11 is 0. The van der Waals surface area contributed by atoms with Crippen molar-refractivity contribution in [1.82, 2.24) is 10.6 Å². The summed E-state index contributed by atoms with van der Waals surface area (Å²) in [6.07, 6.45) is 6.08. The van der Waals surface area contributed by atoms with Crippen molar-refractivity contribution in [2.45, 2.75) is 50.1 Å². The first-order valence-electron chi connectivity index (χ1n) is 12.3. The number of benzene rings is 2. The van der Waals surface area contributed by atoms with Crippen molar-refractivity contribution in [2.75, 3.05) is 6.61 Å². The number of carboxylic acids is 1. The Kier molecular flexibility index (Phi) is 6.57. The zero-order chi connectivity index (χ0) is 24.4. The molecule has 1 fully saturated rings. The Balaban J connectivity index is 1.16. The molecule has 2 aromatic carbocycles. The molecule has 0 aromatic heterocycles. The topological polar surface area (TPSA) is 105 Å². The highest BCUT2D eigenvalue weighted by molar-refractivity contribution is 5.80. The molecule has 5 rings (SSSR count). The van der Waals surface area contributed by atoms with Gasteiger partial charge in [0.2, 0.25) is 5.91 Å². The maximum Gasteiger partial charge on any atom is 0.407 e. The Bertz CT molecular complexity index is 1110. The summed E-state index contributed by atoms with van der Waals surface area (Å²) in [5.74, 6) is -1.28. The van der Waals surface area contributed by atoms with Crippen LogP contribution < -0.4 is 10.6 Å². The minimum Gasteiger partial charge on any atom is -0.481 e. The average Bonchev–Trinajstić information content (AvgIpc) is 3.65.